The summed E-state index contributed by atoms with van der Waals surface area (Å²) in [4.78, 5) is 25.8. The number of amides is 1. The molecule has 1 saturated heterocycles. The van der Waals surface area contributed by atoms with Gasteiger partial charge in [0.25, 0.3) is 5.91 Å². The molecule has 26 heavy (non-hydrogen) atoms. The molecule has 6 heteroatoms. The molecule has 3 rings (SSSR count). The van der Waals surface area contributed by atoms with Crippen LogP contribution in [0.3, 0.4) is 0 Å². The number of piperazine rings is 1. The lowest BCUT2D eigenvalue weighted by Crippen LogP contribution is -2.48. The fraction of sp³-hybridized carbons (Fsp3) is 0.450. The molecular weight excluding hydrogens is 326 g/mol. The van der Waals surface area contributed by atoms with Gasteiger partial charge in [-0.25, -0.2) is 9.97 Å². The Hall–Kier alpha value is -2.47. The number of carbonyl (C=O) groups is 1. The van der Waals surface area contributed by atoms with Crippen molar-refractivity contribution in [3.63, 3.8) is 0 Å². The minimum Gasteiger partial charge on any atom is -0.340 e. The number of hydrogen-bond donors (Lipinski definition) is 1. The summed E-state index contributed by atoms with van der Waals surface area (Å²) in [6.07, 6.45) is 1.01. The van der Waals surface area contributed by atoms with Gasteiger partial charge in [0.2, 0.25) is 0 Å². The maximum atomic E-state index is 12.8. The number of nitrogens with one attached hydrogen (secondary N) is 1. The fourth-order valence-electron chi connectivity index (χ4n) is 3.14. The summed E-state index contributed by atoms with van der Waals surface area (Å²) >= 11 is 0. The second kappa shape index (κ2) is 8.27. The average molecular weight is 353 g/mol. The van der Waals surface area contributed by atoms with E-state index in [0.717, 1.165) is 44.8 Å². The first-order valence-electron chi connectivity index (χ1n) is 9.32. The molecule has 0 saturated carbocycles. The van der Waals surface area contributed by atoms with E-state index in [9.17, 15) is 4.79 Å². The van der Waals surface area contributed by atoms with Crippen molar-refractivity contribution in [2.45, 2.75) is 27.2 Å². The van der Waals surface area contributed by atoms with Gasteiger partial charge in [0.05, 0.1) is 0 Å². The van der Waals surface area contributed by atoms with Crippen molar-refractivity contribution in [2.75, 3.05) is 38.0 Å². The van der Waals surface area contributed by atoms with Gasteiger partial charge < -0.3 is 15.1 Å². The summed E-state index contributed by atoms with van der Waals surface area (Å²) in [5.74, 6) is 1.23. The maximum Gasteiger partial charge on any atom is 0.272 e. The van der Waals surface area contributed by atoms with Crippen molar-refractivity contribution in [2.24, 2.45) is 0 Å². The second-order valence-electron chi connectivity index (χ2n) is 6.59. The van der Waals surface area contributed by atoms with Gasteiger partial charge in [-0.2, -0.15) is 0 Å². The summed E-state index contributed by atoms with van der Waals surface area (Å²) in [6, 6.07) is 9.99. The Morgan fingerprint density at radius 3 is 2.38 bits per heavy atom. The molecular formula is C20H27N5O. The quantitative estimate of drug-likeness (QED) is 0.896. The number of aromatic nitrogens is 2. The largest absolute Gasteiger partial charge is 0.340 e. The monoisotopic (exact) mass is 353 g/mol. The summed E-state index contributed by atoms with van der Waals surface area (Å²) in [5, 5.41) is 3.28. The second-order valence-corrected chi connectivity index (χ2v) is 6.59. The molecule has 0 bridgehead atoms. The maximum absolute atomic E-state index is 12.8. The molecule has 1 fully saturated rings. The number of nitrogens with zero attached hydrogens (tertiary/aromatic N) is 4. The first-order valence-corrected chi connectivity index (χ1v) is 9.32. The Morgan fingerprint density at radius 1 is 1.08 bits per heavy atom. The van der Waals surface area contributed by atoms with Crippen molar-refractivity contribution in [3.05, 3.63) is 47.4 Å². The summed E-state index contributed by atoms with van der Waals surface area (Å²) in [5.41, 5.74) is 2.70. The van der Waals surface area contributed by atoms with Gasteiger partial charge in [0.1, 0.15) is 17.3 Å². The van der Waals surface area contributed by atoms with Gasteiger partial charge in [-0.05, 0) is 37.6 Å². The lowest BCUT2D eigenvalue weighted by Gasteiger charge is -2.33. The topological polar surface area (TPSA) is 61.4 Å². The highest BCUT2D eigenvalue weighted by Gasteiger charge is 2.23. The molecule has 1 aromatic carbocycles. The molecule has 0 atom stereocenters. The van der Waals surface area contributed by atoms with Crippen molar-refractivity contribution in [1.82, 2.24) is 19.8 Å². The van der Waals surface area contributed by atoms with E-state index in [0.29, 0.717) is 17.3 Å². The normalized spacial score (nSPS) is 15.1. The minimum absolute atomic E-state index is 0.0179. The van der Waals surface area contributed by atoms with Gasteiger partial charge in [0.15, 0.2) is 0 Å². The number of likely N-dealkylation sites (N-methyl/N-ethyl adjacent to an activating group) is 1. The molecule has 0 spiro atoms. The van der Waals surface area contributed by atoms with E-state index in [1.54, 1.807) is 6.07 Å². The molecule has 0 aliphatic carbocycles. The van der Waals surface area contributed by atoms with Crippen LogP contribution in [0.4, 0.5) is 11.5 Å². The third-order valence-electron chi connectivity index (χ3n) is 4.80. The molecule has 1 aliphatic heterocycles. The fourth-order valence-corrected chi connectivity index (χ4v) is 3.14. The SMILES string of the molecule is CCc1ccc(Nc2cc(C(=O)N3CCN(CC)CC3)nc(C)n2)cc1. The van der Waals surface area contributed by atoms with Crippen LogP contribution in [0.5, 0.6) is 0 Å². The van der Waals surface area contributed by atoms with E-state index in [4.69, 9.17) is 0 Å². The van der Waals surface area contributed by atoms with Crippen molar-refractivity contribution in [3.8, 4) is 0 Å². The van der Waals surface area contributed by atoms with Crippen molar-refractivity contribution >= 4 is 17.4 Å². The van der Waals surface area contributed by atoms with Crippen LogP contribution >= 0.6 is 0 Å². The van der Waals surface area contributed by atoms with Gasteiger partial charge >= 0.3 is 0 Å². The third-order valence-corrected chi connectivity index (χ3v) is 4.80. The van der Waals surface area contributed by atoms with Crippen LogP contribution < -0.4 is 5.32 Å². The Balaban J connectivity index is 1.73. The predicted molar refractivity (Wildman–Crippen MR) is 104 cm³/mol. The van der Waals surface area contributed by atoms with E-state index in [1.807, 2.05) is 24.0 Å². The van der Waals surface area contributed by atoms with Crippen LogP contribution in [0.15, 0.2) is 30.3 Å². The third kappa shape index (κ3) is 4.38. The predicted octanol–water partition coefficient (Wildman–Crippen LogP) is 2.87. The summed E-state index contributed by atoms with van der Waals surface area (Å²) in [6.45, 7) is 10.5. The Kier molecular flexibility index (Phi) is 5.83. The highest BCUT2D eigenvalue weighted by atomic mass is 16.2. The van der Waals surface area contributed by atoms with Crippen LogP contribution in [0, 0.1) is 6.92 Å². The zero-order valence-electron chi connectivity index (χ0n) is 15.8. The van der Waals surface area contributed by atoms with Crippen LogP contribution in [0.2, 0.25) is 0 Å². The molecule has 6 nitrogen and oxygen atoms in total. The van der Waals surface area contributed by atoms with E-state index < -0.39 is 0 Å². The van der Waals surface area contributed by atoms with Gasteiger partial charge in [-0.1, -0.05) is 26.0 Å². The number of anilines is 2. The van der Waals surface area contributed by atoms with Gasteiger partial charge in [0, 0.05) is 37.9 Å². The number of hydrogen-bond acceptors (Lipinski definition) is 5. The van der Waals surface area contributed by atoms with Crippen molar-refractivity contribution < 1.29 is 4.79 Å². The van der Waals surface area contributed by atoms with Crippen LogP contribution in [-0.2, 0) is 6.42 Å². The minimum atomic E-state index is -0.0179. The van der Waals surface area contributed by atoms with Crippen LogP contribution in [-0.4, -0.2) is 58.4 Å². The van der Waals surface area contributed by atoms with Gasteiger partial charge in [-0.3, -0.25) is 4.79 Å². The molecule has 2 aromatic rings. The van der Waals surface area contributed by atoms with E-state index >= 15 is 0 Å². The molecule has 0 unspecified atom stereocenters. The number of carbonyl (C=O) groups excluding carboxylic acids is 1. The summed E-state index contributed by atoms with van der Waals surface area (Å²) < 4.78 is 0. The van der Waals surface area contributed by atoms with Crippen LogP contribution in [0.25, 0.3) is 0 Å². The first-order chi connectivity index (χ1) is 12.6. The highest BCUT2D eigenvalue weighted by Crippen LogP contribution is 2.18. The van der Waals surface area contributed by atoms with Gasteiger partial charge in [-0.15, -0.1) is 0 Å². The summed E-state index contributed by atoms with van der Waals surface area (Å²) in [7, 11) is 0. The molecule has 1 amide bonds. The highest BCUT2D eigenvalue weighted by molar-refractivity contribution is 5.93. The van der Waals surface area contributed by atoms with E-state index in [1.165, 1.54) is 5.56 Å². The average Bonchev–Trinajstić information content (AvgIpc) is 2.67. The zero-order chi connectivity index (χ0) is 18.5. The Morgan fingerprint density at radius 2 is 1.77 bits per heavy atom. The van der Waals surface area contributed by atoms with E-state index in [-0.39, 0.29) is 5.91 Å². The van der Waals surface area contributed by atoms with Crippen molar-refractivity contribution in [1.29, 1.82) is 0 Å². The first kappa shape index (κ1) is 18.3. The Bertz CT molecular complexity index is 751. The Labute approximate surface area is 155 Å². The van der Waals surface area contributed by atoms with Crippen LogP contribution in [0.1, 0.15) is 35.7 Å². The number of benzene rings is 1. The molecule has 1 N–H and O–H groups in total. The molecule has 138 valence electrons. The molecule has 0 radical (unpaired) electrons. The zero-order valence-corrected chi connectivity index (χ0v) is 15.8. The smallest absolute Gasteiger partial charge is 0.272 e. The lowest BCUT2D eigenvalue weighted by atomic mass is 10.1. The molecule has 2 heterocycles. The standard InChI is InChI=1S/C20H27N5O/c1-4-16-6-8-17(9-7-16)23-19-14-18(21-15(3)22-19)20(26)25-12-10-24(5-2)11-13-25/h6-9,14H,4-5,10-13H2,1-3H3,(H,21,22,23). The molecule has 1 aromatic heterocycles. The van der Waals surface area contributed by atoms with E-state index in [2.05, 4.69) is 46.2 Å². The number of rotatable bonds is 5. The lowest BCUT2D eigenvalue weighted by molar-refractivity contribution is 0.0637. The molecule has 1 aliphatic rings. The number of aryl methyl sites for hydroxylation is 2.